The SMILES string of the molecule is CCOc1ccc(CC(=O)Nc2ccc(N3CCCC3)nc2C)cc1. The molecular weight excluding hydrogens is 314 g/mol. The van der Waals surface area contributed by atoms with Crippen molar-refractivity contribution in [1.29, 1.82) is 0 Å². The number of rotatable bonds is 6. The Bertz CT molecular complexity index is 722. The van der Waals surface area contributed by atoms with Gasteiger partial charge in [0.15, 0.2) is 0 Å². The van der Waals surface area contributed by atoms with Crippen molar-refractivity contribution in [1.82, 2.24) is 4.98 Å². The number of hydrogen-bond donors (Lipinski definition) is 1. The molecule has 5 nitrogen and oxygen atoms in total. The van der Waals surface area contributed by atoms with Crippen LogP contribution in [0.15, 0.2) is 36.4 Å². The molecular formula is C20H25N3O2. The molecule has 0 saturated carbocycles. The van der Waals surface area contributed by atoms with E-state index >= 15 is 0 Å². The monoisotopic (exact) mass is 339 g/mol. The number of hydrogen-bond acceptors (Lipinski definition) is 4. The molecule has 0 radical (unpaired) electrons. The van der Waals surface area contributed by atoms with Crippen molar-refractivity contribution in [2.75, 3.05) is 29.9 Å². The van der Waals surface area contributed by atoms with Crippen LogP contribution in [0.25, 0.3) is 0 Å². The lowest BCUT2D eigenvalue weighted by atomic mass is 10.1. The maximum atomic E-state index is 12.3. The summed E-state index contributed by atoms with van der Waals surface area (Å²) >= 11 is 0. The summed E-state index contributed by atoms with van der Waals surface area (Å²) in [7, 11) is 0. The standard InChI is InChI=1S/C20H25N3O2/c1-3-25-17-8-6-16(7-9-17)14-20(24)22-18-10-11-19(21-15(18)2)23-12-4-5-13-23/h6-11H,3-5,12-14H2,1-2H3,(H,22,24). The van der Waals surface area contributed by atoms with E-state index in [0.717, 1.165) is 41.6 Å². The normalized spacial score (nSPS) is 13.8. The Morgan fingerprint density at radius 1 is 1.16 bits per heavy atom. The van der Waals surface area contributed by atoms with Gasteiger partial charge < -0.3 is 15.0 Å². The molecule has 1 aromatic heterocycles. The average Bonchev–Trinajstić information content (AvgIpc) is 3.13. The zero-order valence-corrected chi connectivity index (χ0v) is 14.9. The first-order chi connectivity index (χ1) is 12.2. The van der Waals surface area contributed by atoms with E-state index in [9.17, 15) is 4.79 Å². The van der Waals surface area contributed by atoms with Crippen molar-refractivity contribution in [3.63, 3.8) is 0 Å². The Morgan fingerprint density at radius 2 is 1.88 bits per heavy atom. The summed E-state index contributed by atoms with van der Waals surface area (Å²) < 4.78 is 5.42. The van der Waals surface area contributed by atoms with E-state index in [4.69, 9.17) is 4.74 Å². The zero-order valence-electron chi connectivity index (χ0n) is 14.9. The van der Waals surface area contributed by atoms with Gasteiger partial charge in [-0.3, -0.25) is 4.79 Å². The molecule has 2 aromatic rings. The first-order valence-corrected chi connectivity index (χ1v) is 8.90. The van der Waals surface area contributed by atoms with Gasteiger partial charge in [-0.05, 0) is 56.5 Å². The zero-order chi connectivity index (χ0) is 17.6. The highest BCUT2D eigenvalue weighted by molar-refractivity contribution is 5.92. The number of aryl methyl sites for hydroxylation is 1. The van der Waals surface area contributed by atoms with Crippen LogP contribution < -0.4 is 15.0 Å². The van der Waals surface area contributed by atoms with E-state index in [1.54, 1.807) is 0 Å². The fourth-order valence-electron chi connectivity index (χ4n) is 3.05. The molecule has 132 valence electrons. The molecule has 3 rings (SSSR count). The number of carbonyl (C=O) groups is 1. The predicted molar refractivity (Wildman–Crippen MR) is 100 cm³/mol. The third kappa shape index (κ3) is 4.50. The van der Waals surface area contributed by atoms with Crippen LogP contribution in [0.2, 0.25) is 0 Å². The van der Waals surface area contributed by atoms with Crippen molar-refractivity contribution >= 4 is 17.4 Å². The molecule has 2 heterocycles. The lowest BCUT2D eigenvalue weighted by Gasteiger charge is -2.18. The number of nitrogens with zero attached hydrogens (tertiary/aromatic N) is 2. The number of amides is 1. The molecule has 25 heavy (non-hydrogen) atoms. The summed E-state index contributed by atoms with van der Waals surface area (Å²) in [5.74, 6) is 1.78. The van der Waals surface area contributed by atoms with Gasteiger partial charge in [-0.2, -0.15) is 0 Å². The number of carbonyl (C=O) groups excluding carboxylic acids is 1. The molecule has 1 amide bonds. The van der Waals surface area contributed by atoms with E-state index in [1.165, 1.54) is 12.8 Å². The summed E-state index contributed by atoms with van der Waals surface area (Å²) in [4.78, 5) is 19.2. The van der Waals surface area contributed by atoms with Crippen LogP contribution in [0.3, 0.4) is 0 Å². The smallest absolute Gasteiger partial charge is 0.228 e. The van der Waals surface area contributed by atoms with Crippen LogP contribution in [-0.2, 0) is 11.2 Å². The van der Waals surface area contributed by atoms with E-state index in [0.29, 0.717) is 13.0 Å². The Morgan fingerprint density at radius 3 is 2.52 bits per heavy atom. The molecule has 1 saturated heterocycles. The van der Waals surface area contributed by atoms with Crippen molar-refractivity contribution in [3.8, 4) is 5.75 Å². The van der Waals surface area contributed by atoms with Gasteiger partial charge in [0.25, 0.3) is 0 Å². The van der Waals surface area contributed by atoms with Gasteiger partial charge in [0.1, 0.15) is 11.6 Å². The van der Waals surface area contributed by atoms with Crippen molar-refractivity contribution < 1.29 is 9.53 Å². The second-order valence-electron chi connectivity index (χ2n) is 6.30. The highest BCUT2D eigenvalue weighted by Gasteiger charge is 2.15. The molecule has 0 atom stereocenters. The number of pyridine rings is 1. The minimum absolute atomic E-state index is 0.0389. The van der Waals surface area contributed by atoms with Crippen LogP contribution in [0, 0.1) is 6.92 Å². The van der Waals surface area contributed by atoms with Crippen LogP contribution in [0.1, 0.15) is 31.0 Å². The van der Waals surface area contributed by atoms with Gasteiger partial charge in [-0.15, -0.1) is 0 Å². The van der Waals surface area contributed by atoms with E-state index < -0.39 is 0 Å². The average molecular weight is 339 g/mol. The Labute approximate surface area is 149 Å². The molecule has 1 aliphatic heterocycles. The lowest BCUT2D eigenvalue weighted by Crippen LogP contribution is -2.20. The van der Waals surface area contributed by atoms with Crippen molar-refractivity contribution in [2.24, 2.45) is 0 Å². The first kappa shape index (κ1) is 17.3. The Balaban J connectivity index is 1.60. The molecule has 1 N–H and O–H groups in total. The maximum Gasteiger partial charge on any atom is 0.228 e. The van der Waals surface area contributed by atoms with Crippen molar-refractivity contribution in [2.45, 2.75) is 33.1 Å². The Hall–Kier alpha value is -2.56. The molecule has 0 spiro atoms. The van der Waals surface area contributed by atoms with Gasteiger partial charge in [0.05, 0.1) is 24.4 Å². The highest BCUT2D eigenvalue weighted by Crippen LogP contribution is 2.22. The maximum absolute atomic E-state index is 12.3. The van der Waals surface area contributed by atoms with Crippen LogP contribution in [0.4, 0.5) is 11.5 Å². The minimum Gasteiger partial charge on any atom is -0.494 e. The number of benzene rings is 1. The van der Waals surface area contributed by atoms with E-state index in [-0.39, 0.29) is 5.91 Å². The molecule has 0 unspecified atom stereocenters. The third-order valence-corrected chi connectivity index (χ3v) is 4.37. The predicted octanol–water partition coefficient (Wildman–Crippen LogP) is 3.57. The highest BCUT2D eigenvalue weighted by atomic mass is 16.5. The fourth-order valence-corrected chi connectivity index (χ4v) is 3.05. The Kier molecular flexibility index (Phi) is 5.53. The number of aromatic nitrogens is 1. The second kappa shape index (κ2) is 8.01. The third-order valence-electron chi connectivity index (χ3n) is 4.37. The number of anilines is 2. The van der Waals surface area contributed by atoms with Crippen LogP contribution in [-0.4, -0.2) is 30.6 Å². The van der Waals surface area contributed by atoms with Gasteiger partial charge in [-0.1, -0.05) is 12.1 Å². The lowest BCUT2D eigenvalue weighted by molar-refractivity contribution is -0.115. The summed E-state index contributed by atoms with van der Waals surface area (Å²) in [5.41, 5.74) is 2.59. The van der Waals surface area contributed by atoms with Gasteiger partial charge in [0.2, 0.25) is 5.91 Å². The molecule has 1 fully saturated rings. The largest absolute Gasteiger partial charge is 0.494 e. The molecule has 1 aliphatic rings. The van der Waals surface area contributed by atoms with E-state index in [2.05, 4.69) is 15.2 Å². The van der Waals surface area contributed by atoms with Crippen molar-refractivity contribution in [3.05, 3.63) is 47.7 Å². The van der Waals surface area contributed by atoms with E-state index in [1.807, 2.05) is 50.2 Å². The van der Waals surface area contributed by atoms with Crippen LogP contribution >= 0.6 is 0 Å². The summed E-state index contributed by atoms with van der Waals surface area (Å²) in [6.45, 7) is 6.66. The second-order valence-corrected chi connectivity index (χ2v) is 6.30. The fraction of sp³-hybridized carbons (Fsp3) is 0.400. The van der Waals surface area contributed by atoms with Gasteiger partial charge >= 0.3 is 0 Å². The first-order valence-electron chi connectivity index (χ1n) is 8.90. The topological polar surface area (TPSA) is 54.5 Å². The van der Waals surface area contributed by atoms with Crippen LogP contribution in [0.5, 0.6) is 5.75 Å². The molecule has 0 bridgehead atoms. The number of nitrogens with one attached hydrogen (secondary N) is 1. The number of ether oxygens (including phenoxy) is 1. The van der Waals surface area contributed by atoms with Gasteiger partial charge in [-0.25, -0.2) is 4.98 Å². The minimum atomic E-state index is -0.0389. The molecule has 1 aromatic carbocycles. The summed E-state index contributed by atoms with van der Waals surface area (Å²) in [5, 5.41) is 2.97. The van der Waals surface area contributed by atoms with Gasteiger partial charge in [0, 0.05) is 13.1 Å². The quantitative estimate of drug-likeness (QED) is 0.874. The molecule has 0 aliphatic carbocycles. The molecule has 5 heteroatoms. The summed E-state index contributed by atoms with van der Waals surface area (Å²) in [6.07, 6.45) is 2.78. The summed E-state index contributed by atoms with van der Waals surface area (Å²) in [6, 6.07) is 11.6.